The van der Waals surface area contributed by atoms with Crippen molar-refractivity contribution in [1.82, 2.24) is 4.98 Å². The van der Waals surface area contributed by atoms with E-state index in [1.165, 1.54) is 6.20 Å². The van der Waals surface area contributed by atoms with E-state index in [2.05, 4.69) is 4.98 Å². The van der Waals surface area contributed by atoms with Crippen LogP contribution in [0.25, 0.3) is 10.9 Å². The molecule has 0 spiro atoms. The van der Waals surface area contributed by atoms with Gasteiger partial charge in [0.1, 0.15) is 6.10 Å². The zero-order valence-corrected chi connectivity index (χ0v) is 14.0. The summed E-state index contributed by atoms with van der Waals surface area (Å²) in [7, 11) is 0. The highest BCUT2D eigenvalue weighted by molar-refractivity contribution is 6.31. The summed E-state index contributed by atoms with van der Waals surface area (Å²) < 4.78 is 5.50. The lowest BCUT2D eigenvalue weighted by atomic mass is 9.92. The van der Waals surface area contributed by atoms with E-state index in [9.17, 15) is 14.9 Å². The van der Waals surface area contributed by atoms with Crippen LogP contribution >= 0.6 is 11.6 Å². The van der Waals surface area contributed by atoms with Gasteiger partial charge in [0.15, 0.2) is 17.5 Å². The number of halogens is 1. The van der Waals surface area contributed by atoms with Crippen LogP contribution in [0.15, 0.2) is 24.4 Å². The predicted molar refractivity (Wildman–Crippen MR) is 89.9 cm³/mol. The van der Waals surface area contributed by atoms with Crippen molar-refractivity contribution < 1.29 is 14.3 Å². The third-order valence-corrected chi connectivity index (χ3v) is 4.50. The molecule has 1 saturated carbocycles. The van der Waals surface area contributed by atoms with Crippen LogP contribution in [-0.4, -0.2) is 29.3 Å². The number of Topliss-reactive ketones (excluding diaryl/α,β-unsaturated/α-hetero) is 2. The van der Waals surface area contributed by atoms with Crippen LogP contribution in [0.1, 0.15) is 30.1 Å². The number of fused-ring (bicyclic) bond motifs is 1. The average Bonchev–Trinajstić information content (AvgIpc) is 3.31. The molecular formula is C18H17ClN2O3. The molecule has 2 atom stereocenters. The third-order valence-electron chi connectivity index (χ3n) is 4.26. The normalized spacial score (nSPS) is 16.5. The van der Waals surface area contributed by atoms with Crippen molar-refractivity contribution in [1.29, 1.82) is 5.26 Å². The first-order valence-electron chi connectivity index (χ1n) is 7.87. The average molecular weight is 345 g/mol. The van der Waals surface area contributed by atoms with Crippen molar-refractivity contribution in [3.8, 4) is 6.07 Å². The molecule has 0 unspecified atom stereocenters. The maximum absolute atomic E-state index is 12.7. The summed E-state index contributed by atoms with van der Waals surface area (Å²) in [6.45, 7) is 2.10. The molecule has 1 aliphatic rings. The fourth-order valence-electron chi connectivity index (χ4n) is 2.59. The maximum atomic E-state index is 12.7. The summed E-state index contributed by atoms with van der Waals surface area (Å²) in [6, 6.07) is 6.89. The monoisotopic (exact) mass is 344 g/mol. The van der Waals surface area contributed by atoms with Gasteiger partial charge in [0.25, 0.3) is 0 Å². The van der Waals surface area contributed by atoms with Gasteiger partial charge in [-0.1, -0.05) is 17.7 Å². The number of nitrogens with one attached hydrogen (secondary N) is 1. The minimum Gasteiger partial charge on any atom is -0.370 e. The van der Waals surface area contributed by atoms with Crippen molar-refractivity contribution in [2.75, 3.05) is 6.61 Å². The van der Waals surface area contributed by atoms with E-state index in [1.807, 2.05) is 6.07 Å². The number of ketones is 2. The summed E-state index contributed by atoms with van der Waals surface area (Å²) in [6.07, 6.45) is 2.97. The van der Waals surface area contributed by atoms with Gasteiger partial charge in [-0.05, 0) is 37.8 Å². The molecular weight excluding hydrogens is 328 g/mol. The van der Waals surface area contributed by atoms with E-state index in [-0.39, 0.29) is 0 Å². The Hall–Kier alpha value is -2.16. The quantitative estimate of drug-likeness (QED) is 0.615. The van der Waals surface area contributed by atoms with Gasteiger partial charge >= 0.3 is 0 Å². The van der Waals surface area contributed by atoms with Crippen molar-refractivity contribution >= 4 is 34.1 Å². The second-order valence-electron chi connectivity index (χ2n) is 6.14. The number of aromatic amines is 1. The predicted octanol–water partition coefficient (Wildman–Crippen LogP) is 3.53. The topological polar surface area (TPSA) is 82.9 Å². The van der Waals surface area contributed by atoms with Crippen LogP contribution in [0.2, 0.25) is 5.02 Å². The summed E-state index contributed by atoms with van der Waals surface area (Å²) in [5.74, 6) is -1.87. The molecule has 0 radical (unpaired) electrons. The minimum absolute atomic E-state index is 0.316. The maximum Gasteiger partial charge on any atom is 0.189 e. The highest BCUT2D eigenvalue weighted by atomic mass is 35.5. The molecule has 0 amide bonds. The van der Waals surface area contributed by atoms with Crippen molar-refractivity contribution in [2.24, 2.45) is 11.8 Å². The van der Waals surface area contributed by atoms with Gasteiger partial charge in [-0.3, -0.25) is 9.59 Å². The molecule has 124 valence electrons. The highest BCUT2D eigenvalue weighted by Crippen LogP contribution is 2.29. The molecule has 6 heteroatoms. The Bertz CT molecular complexity index is 832. The van der Waals surface area contributed by atoms with Crippen LogP contribution in [0.5, 0.6) is 0 Å². The molecule has 0 bridgehead atoms. The largest absolute Gasteiger partial charge is 0.370 e. The number of carbonyl (C=O) groups excluding carboxylic acids is 2. The standard InChI is InChI=1S/C18H17ClN2O3/c1-10(24-9-11-2-3-11)17(22)14(7-20)18(23)15-8-21-16-6-12(19)4-5-13(15)16/h4-6,8,10-11,14,21H,2-3,9H2,1H3/t10-,14-/m1/s1. The molecule has 1 fully saturated rings. The van der Waals surface area contributed by atoms with Crippen LogP contribution in [0.4, 0.5) is 0 Å². The smallest absolute Gasteiger partial charge is 0.189 e. The number of rotatable bonds is 7. The van der Waals surface area contributed by atoms with Crippen molar-refractivity contribution in [3.05, 3.63) is 35.0 Å². The number of nitrogens with zero attached hydrogens (tertiary/aromatic N) is 1. The fraction of sp³-hybridized carbons (Fsp3) is 0.389. The summed E-state index contributed by atoms with van der Waals surface area (Å²) in [4.78, 5) is 28.1. The van der Waals surface area contributed by atoms with Crippen LogP contribution in [0, 0.1) is 23.2 Å². The van der Waals surface area contributed by atoms with Gasteiger partial charge < -0.3 is 9.72 Å². The van der Waals surface area contributed by atoms with Crippen LogP contribution in [-0.2, 0) is 9.53 Å². The highest BCUT2D eigenvalue weighted by Gasteiger charge is 2.33. The molecule has 5 nitrogen and oxygen atoms in total. The van der Waals surface area contributed by atoms with E-state index >= 15 is 0 Å². The fourth-order valence-corrected chi connectivity index (χ4v) is 2.76. The Balaban J connectivity index is 1.79. The van der Waals surface area contributed by atoms with Gasteiger partial charge in [0.2, 0.25) is 0 Å². The number of carbonyl (C=O) groups is 2. The second kappa shape index (κ2) is 6.76. The molecule has 1 aliphatic carbocycles. The van der Waals surface area contributed by atoms with Crippen LogP contribution < -0.4 is 0 Å². The molecule has 1 heterocycles. The first kappa shape index (κ1) is 16.7. The molecule has 0 aliphatic heterocycles. The number of benzene rings is 1. The van der Waals surface area contributed by atoms with Gasteiger partial charge in [-0.15, -0.1) is 0 Å². The zero-order chi connectivity index (χ0) is 17.3. The molecule has 24 heavy (non-hydrogen) atoms. The first-order chi connectivity index (χ1) is 11.5. The molecule has 0 saturated heterocycles. The van der Waals surface area contributed by atoms with E-state index in [0.29, 0.717) is 34.0 Å². The molecule has 1 N–H and O–H groups in total. The molecule has 2 aromatic rings. The zero-order valence-electron chi connectivity index (χ0n) is 13.2. The van der Waals surface area contributed by atoms with Gasteiger partial charge in [-0.25, -0.2) is 0 Å². The Labute approximate surface area is 144 Å². The van der Waals surface area contributed by atoms with Crippen LogP contribution in [0.3, 0.4) is 0 Å². The number of nitriles is 1. The lowest BCUT2D eigenvalue weighted by Crippen LogP contribution is -2.33. The van der Waals surface area contributed by atoms with E-state index < -0.39 is 23.6 Å². The number of hydrogen-bond acceptors (Lipinski definition) is 4. The van der Waals surface area contributed by atoms with E-state index in [1.54, 1.807) is 25.1 Å². The molecule has 3 rings (SSSR count). The second-order valence-corrected chi connectivity index (χ2v) is 6.58. The Morgan fingerprint density at radius 1 is 1.46 bits per heavy atom. The van der Waals surface area contributed by atoms with Gasteiger partial charge in [0, 0.05) is 27.7 Å². The first-order valence-corrected chi connectivity index (χ1v) is 8.25. The Kier molecular flexibility index (Phi) is 4.70. The van der Waals surface area contributed by atoms with E-state index in [0.717, 1.165) is 12.8 Å². The summed E-state index contributed by atoms with van der Waals surface area (Å²) >= 11 is 5.93. The number of hydrogen-bond donors (Lipinski definition) is 1. The number of ether oxygens (including phenoxy) is 1. The third kappa shape index (κ3) is 3.35. The number of aromatic nitrogens is 1. The lowest BCUT2D eigenvalue weighted by molar-refractivity contribution is -0.130. The lowest BCUT2D eigenvalue weighted by Gasteiger charge is -2.14. The Morgan fingerprint density at radius 3 is 2.88 bits per heavy atom. The molecule has 1 aromatic carbocycles. The van der Waals surface area contributed by atoms with Gasteiger partial charge in [0.05, 0.1) is 12.7 Å². The van der Waals surface area contributed by atoms with E-state index in [4.69, 9.17) is 16.3 Å². The molecule has 1 aromatic heterocycles. The minimum atomic E-state index is -1.37. The number of H-pyrrole nitrogens is 1. The van der Waals surface area contributed by atoms with Crippen molar-refractivity contribution in [3.63, 3.8) is 0 Å². The summed E-state index contributed by atoms with van der Waals surface area (Å²) in [5, 5.41) is 10.5. The van der Waals surface area contributed by atoms with Crippen molar-refractivity contribution in [2.45, 2.75) is 25.9 Å². The van der Waals surface area contributed by atoms with Gasteiger partial charge in [-0.2, -0.15) is 5.26 Å². The SMILES string of the molecule is C[C@@H](OCC1CC1)C(=O)[C@@H](C#N)C(=O)c1c[nH]c2cc(Cl)ccc12. The Morgan fingerprint density at radius 2 is 2.21 bits per heavy atom. The summed E-state index contributed by atoms with van der Waals surface area (Å²) in [5.41, 5.74) is 1.00.